The van der Waals surface area contributed by atoms with Gasteiger partial charge in [-0.2, -0.15) is 0 Å². The molecule has 0 radical (unpaired) electrons. The quantitative estimate of drug-likeness (QED) is 0.716. The first-order valence-corrected chi connectivity index (χ1v) is 6.43. The first-order chi connectivity index (χ1) is 9.33. The maximum absolute atomic E-state index is 4.70. The number of pyridine rings is 1. The normalized spacial score (nSPS) is 10.8. The number of aryl methyl sites for hydroxylation is 3. The topological polar surface area (TPSA) is 38.7 Å². The van der Waals surface area contributed by atoms with E-state index in [4.69, 9.17) is 4.98 Å². The lowest BCUT2D eigenvalue weighted by atomic mass is 10.1. The van der Waals surface area contributed by atoms with Crippen molar-refractivity contribution in [1.29, 1.82) is 0 Å². The van der Waals surface area contributed by atoms with Gasteiger partial charge in [0.2, 0.25) is 0 Å². The highest BCUT2D eigenvalue weighted by molar-refractivity contribution is 5.81. The van der Waals surface area contributed by atoms with Crippen LogP contribution in [0.2, 0.25) is 0 Å². The molecule has 0 fully saturated rings. The fraction of sp³-hybridized carbons (Fsp3) is 0.188. The highest BCUT2D eigenvalue weighted by Crippen LogP contribution is 2.18. The summed E-state index contributed by atoms with van der Waals surface area (Å²) < 4.78 is 0. The fourth-order valence-electron chi connectivity index (χ4n) is 2.26. The summed E-state index contributed by atoms with van der Waals surface area (Å²) in [5, 5.41) is 1.23. The molecule has 0 unspecified atom stereocenters. The van der Waals surface area contributed by atoms with E-state index < -0.39 is 0 Å². The summed E-state index contributed by atoms with van der Waals surface area (Å²) in [7, 11) is 0. The van der Waals surface area contributed by atoms with Gasteiger partial charge in [-0.25, -0.2) is 0 Å². The minimum absolute atomic E-state index is 0. The second-order valence-corrected chi connectivity index (χ2v) is 4.64. The summed E-state index contributed by atoms with van der Waals surface area (Å²) in [4.78, 5) is 13.1. The molecule has 0 saturated carbocycles. The van der Waals surface area contributed by atoms with Crippen molar-refractivity contribution in [3.8, 4) is 0 Å². The monoisotopic (exact) mass is 251 g/mol. The fourth-order valence-corrected chi connectivity index (χ4v) is 2.26. The third kappa shape index (κ3) is 2.60. The molecule has 3 heteroatoms. The van der Waals surface area contributed by atoms with Gasteiger partial charge in [-0.15, -0.1) is 0 Å². The van der Waals surface area contributed by atoms with Crippen LogP contribution in [0.3, 0.4) is 0 Å². The van der Waals surface area contributed by atoms with Crippen molar-refractivity contribution < 1.29 is 1.43 Å². The van der Waals surface area contributed by atoms with Crippen LogP contribution in [0, 0.1) is 6.92 Å². The highest BCUT2D eigenvalue weighted by Gasteiger charge is 2.03. The lowest BCUT2D eigenvalue weighted by Gasteiger charge is -2.06. The molecule has 0 aliphatic rings. The molecular formula is C16H17N3. The van der Waals surface area contributed by atoms with Crippen LogP contribution < -0.4 is 0 Å². The zero-order chi connectivity index (χ0) is 13.1. The molecule has 2 heterocycles. The number of benzene rings is 1. The molecule has 2 aromatic heterocycles. The van der Waals surface area contributed by atoms with Crippen LogP contribution in [0.15, 0.2) is 48.9 Å². The van der Waals surface area contributed by atoms with Crippen LogP contribution in [0.25, 0.3) is 10.9 Å². The Morgan fingerprint density at radius 2 is 1.89 bits per heavy atom. The van der Waals surface area contributed by atoms with Crippen LogP contribution >= 0.6 is 0 Å². The van der Waals surface area contributed by atoms with E-state index in [0.29, 0.717) is 0 Å². The van der Waals surface area contributed by atoms with Gasteiger partial charge in [0.1, 0.15) is 0 Å². The average molecular weight is 251 g/mol. The molecule has 0 aliphatic heterocycles. The summed E-state index contributed by atoms with van der Waals surface area (Å²) in [6.45, 7) is 2.13. The maximum Gasteiger partial charge on any atom is 0.0707 e. The minimum Gasteiger partial charge on any atom is -0.261 e. The van der Waals surface area contributed by atoms with Crippen molar-refractivity contribution >= 4 is 10.9 Å². The molecule has 0 spiro atoms. The molecule has 3 aromatic rings. The average Bonchev–Trinajstić information content (AvgIpc) is 2.46. The second kappa shape index (κ2) is 5.14. The van der Waals surface area contributed by atoms with E-state index in [9.17, 15) is 0 Å². The third-order valence-corrected chi connectivity index (χ3v) is 3.23. The Bertz CT molecular complexity index is 698. The van der Waals surface area contributed by atoms with Crippen LogP contribution in [-0.4, -0.2) is 15.0 Å². The molecule has 96 valence electrons. The molecular weight excluding hydrogens is 234 g/mol. The van der Waals surface area contributed by atoms with Gasteiger partial charge in [-0.3, -0.25) is 15.0 Å². The van der Waals surface area contributed by atoms with Gasteiger partial charge < -0.3 is 0 Å². The van der Waals surface area contributed by atoms with Crippen molar-refractivity contribution in [1.82, 2.24) is 15.0 Å². The molecule has 0 aliphatic carbocycles. The summed E-state index contributed by atoms with van der Waals surface area (Å²) in [6.07, 6.45) is 7.01. The summed E-state index contributed by atoms with van der Waals surface area (Å²) in [6, 6.07) is 10.4. The van der Waals surface area contributed by atoms with E-state index in [1.807, 2.05) is 12.3 Å². The third-order valence-electron chi connectivity index (χ3n) is 3.23. The van der Waals surface area contributed by atoms with E-state index >= 15 is 0 Å². The Kier molecular flexibility index (Phi) is 3.19. The molecule has 0 amide bonds. The van der Waals surface area contributed by atoms with Crippen molar-refractivity contribution in [3.05, 3.63) is 65.9 Å². The zero-order valence-corrected chi connectivity index (χ0v) is 10.9. The molecule has 3 nitrogen and oxygen atoms in total. The largest absolute Gasteiger partial charge is 0.261 e. The van der Waals surface area contributed by atoms with Crippen LogP contribution in [0.1, 0.15) is 18.4 Å². The standard InChI is InChI=1S/C16H15N3.H2/c1-12-10-13(6-7-14-11-17-8-9-18-14)19-16-5-3-2-4-15(12)16;/h2-5,8-11H,6-7H2,1H3;1H. The van der Waals surface area contributed by atoms with E-state index in [2.05, 4.69) is 41.2 Å². The van der Waals surface area contributed by atoms with Crippen molar-refractivity contribution in [2.75, 3.05) is 0 Å². The second-order valence-electron chi connectivity index (χ2n) is 4.64. The first kappa shape index (κ1) is 11.8. The Morgan fingerprint density at radius 1 is 1.05 bits per heavy atom. The van der Waals surface area contributed by atoms with Gasteiger partial charge in [-0.1, -0.05) is 18.2 Å². The van der Waals surface area contributed by atoms with Crippen LogP contribution in [0.4, 0.5) is 0 Å². The van der Waals surface area contributed by atoms with Gasteiger partial charge in [0.05, 0.1) is 11.2 Å². The molecule has 0 saturated heterocycles. The summed E-state index contributed by atoms with van der Waals surface area (Å²) in [5.74, 6) is 0. The van der Waals surface area contributed by atoms with Crippen molar-refractivity contribution in [2.45, 2.75) is 19.8 Å². The predicted octanol–water partition coefficient (Wildman–Crippen LogP) is 3.36. The molecule has 3 rings (SSSR count). The Labute approximate surface area is 113 Å². The maximum atomic E-state index is 4.70. The Balaban J connectivity index is 0.00000147. The highest BCUT2D eigenvalue weighted by atomic mass is 14.8. The lowest BCUT2D eigenvalue weighted by molar-refractivity contribution is 0.873. The molecule has 19 heavy (non-hydrogen) atoms. The minimum atomic E-state index is 0. The van der Waals surface area contributed by atoms with E-state index in [1.165, 1.54) is 10.9 Å². The van der Waals surface area contributed by atoms with Gasteiger partial charge in [-0.05, 0) is 37.5 Å². The van der Waals surface area contributed by atoms with Crippen LogP contribution in [-0.2, 0) is 12.8 Å². The number of fused-ring (bicyclic) bond motifs is 1. The number of hydrogen-bond donors (Lipinski definition) is 0. The van der Waals surface area contributed by atoms with E-state index in [0.717, 1.165) is 29.7 Å². The lowest BCUT2D eigenvalue weighted by Crippen LogP contribution is -1.98. The predicted molar refractivity (Wildman–Crippen MR) is 78.0 cm³/mol. The Hall–Kier alpha value is -2.29. The number of para-hydroxylation sites is 1. The van der Waals surface area contributed by atoms with Crippen molar-refractivity contribution in [3.63, 3.8) is 0 Å². The number of hydrogen-bond acceptors (Lipinski definition) is 3. The van der Waals surface area contributed by atoms with Crippen LogP contribution in [0.5, 0.6) is 0 Å². The molecule has 0 atom stereocenters. The summed E-state index contributed by atoms with van der Waals surface area (Å²) >= 11 is 0. The van der Waals surface area contributed by atoms with E-state index in [1.54, 1.807) is 12.4 Å². The van der Waals surface area contributed by atoms with E-state index in [-0.39, 0.29) is 1.43 Å². The summed E-state index contributed by atoms with van der Waals surface area (Å²) in [5.41, 5.74) is 4.47. The molecule has 0 N–H and O–H groups in total. The number of nitrogens with zero attached hydrogens (tertiary/aromatic N) is 3. The van der Waals surface area contributed by atoms with Crippen molar-refractivity contribution in [2.24, 2.45) is 0 Å². The smallest absolute Gasteiger partial charge is 0.0707 e. The molecule has 0 bridgehead atoms. The Morgan fingerprint density at radius 3 is 2.74 bits per heavy atom. The first-order valence-electron chi connectivity index (χ1n) is 6.43. The van der Waals surface area contributed by atoms with Gasteiger partial charge >= 0.3 is 0 Å². The number of rotatable bonds is 3. The SMILES string of the molecule is Cc1cc(CCc2cnccn2)nc2ccccc12.[HH]. The van der Waals surface area contributed by atoms with Gasteiger partial charge in [0.25, 0.3) is 0 Å². The zero-order valence-electron chi connectivity index (χ0n) is 10.9. The van der Waals surface area contributed by atoms with Gasteiger partial charge in [0.15, 0.2) is 0 Å². The molecule has 1 aromatic carbocycles. The number of aromatic nitrogens is 3. The van der Waals surface area contributed by atoms with Gasteiger partial charge in [0, 0.05) is 31.1 Å².